The highest BCUT2D eigenvalue weighted by molar-refractivity contribution is 5.73. The van der Waals surface area contributed by atoms with Gasteiger partial charge in [-0.3, -0.25) is 4.90 Å². The molecule has 0 aromatic carbocycles. The number of hydrogen-bond donors (Lipinski definition) is 5. The average molecular weight is 438 g/mol. The molecule has 5 N–H and O–H groups in total. The van der Waals surface area contributed by atoms with E-state index in [9.17, 15) is 26.3 Å². The fourth-order valence-electron chi connectivity index (χ4n) is 1.60. The van der Waals surface area contributed by atoms with Gasteiger partial charge in [0.1, 0.15) is 0 Å². The zero-order valence-corrected chi connectivity index (χ0v) is 15.4. The van der Waals surface area contributed by atoms with Gasteiger partial charge in [0.2, 0.25) is 0 Å². The Hall–Kier alpha value is -2.08. The number of alkyl halides is 6. The molecule has 1 fully saturated rings. The Morgan fingerprint density at radius 1 is 0.793 bits per heavy atom. The van der Waals surface area contributed by atoms with E-state index in [4.69, 9.17) is 26.2 Å². The summed E-state index contributed by atoms with van der Waals surface area (Å²) in [6, 6.07) is 0. The van der Waals surface area contributed by atoms with E-state index < -0.39 is 24.3 Å². The first-order valence-electron chi connectivity index (χ1n) is 8.20. The van der Waals surface area contributed by atoms with Gasteiger partial charge in [-0.15, -0.1) is 6.42 Å². The zero-order chi connectivity index (χ0) is 22.9. The summed E-state index contributed by atoms with van der Waals surface area (Å²) in [7, 11) is 0. The highest BCUT2D eigenvalue weighted by Gasteiger charge is 2.38. The molecule has 1 saturated heterocycles. The maximum Gasteiger partial charge on any atom is 0.490 e. The van der Waals surface area contributed by atoms with Gasteiger partial charge in [-0.05, 0) is 0 Å². The van der Waals surface area contributed by atoms with Crippen molar-refractivity contribution in [3.05, 3.63) is 0 Å². The molecule has 0 atom stereocenters. The molecule has 8 nitrogen and oxygen atoms in total. The Morgan fingerprint density at radius 3 is 1.31 bits per heavy atom. The van der Waals surface area contributed by atoms with Gasteiger partial charge in [-0.25, -0.2) is 9.59 Å². The molecular weight excluding hydrogens is 414 g/mol. The van der Waals surface area contributed by atoms with Crippen molar-refractivity contribution in [2.24, 2.45) is 0 Å². The summed E-state index contributed by atoms with van der Waals surface area (Å²) in [4.78, 5) is 20.1. The predicted molar refractivity (Wildman–Crippen MR) is 91.3 cm³/mol. The normalized spacial score (nSPS) is 17.0. The van der Waals surface area contributed by atoms with E-state index in [1.54, 1.807) is 0 Å². The number of nitrogens with zero attached hydrogens (tertiary/aromatic N) is 1. The lowest BCUT2D eigenvalue weighted by molar-refractivity contribution is -0.193. The van der Waals surface area contributed by atoms with Crippen LogP contribution in [0.25, 0.3) is 0 Å². The second-order valence-corrected chi connectivity index (χ2v) is 5.34. The molecule has 0 aliphatic carbocycles. The number of rotatable bonds is 1. The van der Waals surface area contributed by atoms with Gasteiger partial charge in [0, 0.05) is 52.4 Å². The van der Waals surface area contributed by atoms with E-state index in [1.807, 2.05) is 0 Å². The Labute approximate surface area is 163 Å². The van der Waals surface area contributed by atoms with Crippen LogP contribution in [0.3, 0.4) is 0 Å². The van der Waals surface area contributed by atoms with Gasteiger partial charge >= 0.3 is 24.3 Å². The largest absolute Gasteiger partial charge is 0.490 e. The summed E-state index contributed by atoms with van der Waals surface area (Å²) in [6.45, 7) is 8.99. The van der Waals surface area contributed by atoms with Crippen LogP contribution in [0.2, 0.25) is 0 Å². The minimum absolute atomic E-state index is 0.752. The standard InChI is InChI=1S/C11H22N4.2C2HF3O2/c1-2-9-15-10-7-13-5-3-12-4-6-14-8-11-15;2*3-2(4,5)1(6)7/h1,12-14H,3-11H2;2*(H,6,7). The number of nitrogens with one attached hydrogen (secondary N) is 3. The minimum atomic E-state index is -5.08. The third kappa shape index (κ3) is 20.5. The number of carboxylic acid groups (broad SMARTS) is 2. The summed E-state index contributed by atoms with van der Waals surface area (Å²) in [5.41, 5.74) is 0. The molecule has 1 aliphatic heterocycles. The Balaban J connectivity index is 0. The lowest BCUT2D eigenvalue weighted by atomic mass is 10.4. The first-order chi connectivity index (χ1) is 13.3. The van der Waals surface area contributed by atoms with Gasteiger partial charge in [0.05, 0.1) is 6.54 Å². The fourth-order valence-corrected chi connectivity index (χ4v) is 1.60. The SMILES string of the molecule is C#CCN1CCNCCNCCNCC1.O=C(O)C(F)(F)F.O=C(O)C(F)(F)F. The molecule has 14 heteroatoms. The first kappa shape index (κ1) is 29.1. The molecule has 0 bridgehead atoms. The second kappa shape index (κ2) is 15.8. The molecular formula is C15H24F6N4O4. The molecule has 29 heavy (non-hydrogen) atoms. The molecule has 1 rings (SSSR count). The maximum absolute atomic E-state index is 10.6. The number of hydrogen-bond acceptors (Lipinski definition) is 6. The van der Waals surface area contributed by atoms with Gasteiger partial charge in [0.15, 0.2) is 0 Å². The van der Waals surface area contributed by atoms with Crippen molar-refractivity contribution in [3.63, 3.8) is 0 Å². The maximum atomic E-state index is 10.6. The minimum Gasteiger partial charge on any atom is -0.475 e. The lowest BCUT2D eigenvalue weighted by Gasteiger charge is -2.21. The van der Waals surface area contributed by atoms with Crippen molar-refractivity contribution in [2.75, 3.05) is 58.9 Å². The van der Waals surface area contributed by atoms with Crippen molar-refractivity contribution in [3.8, 4) is 12.3 Å². The Kier molecular flexibility index (Phi) is 15.9. The Morgan fingerprint density at radius 2 is 1.07 bits per heavy atom. The van der Waals surface area contributed by atoms with Crippen LogP contribution < -0.4 is 16.0 Å². The van der Waals surface area contributed by atoms with E-state index in [2.05, 4.69) is 26.8 Å². The van der Waals surface area contributed by atoms with Crippen molar-refractivity contribution >= 4 is 11.9 Å². The monoisotopic (exact) mass is 438 g/mol. The number of aliphatic carboxylic acids is 2. The summed E-state index contributed by atoms with van der Waals surface area (Å²) in [6.07, 6.45) is -4.83. The first-order valence-corrected chi connectivity index (χ1v) is 8.20. The van der Waals surface area contributed by atoms with Crippen LogP contribution in [-0.4, -0.2) is 98.3 Å². The molecule has 1 aliphatic rings. The van der Waals surface area contributed by atoms with Gasteiger partial charge in [0.25, 0.3) is 0 Å². The van der Waals surface area contributed by atoms with E-state index in [-0.39, 0.29) is 0 Å². The van der Waals surface area contributed by atoms with Crippen LogP contribution in [-0.2, 0) is 9.59 Å². The molecule has 0 spiro atoms. The molecule has 0 amide bonds. The summed E-state index contributed by atoms with van der Waals surface area (Å²) in [5.74, 6) is -2.81. The van der Waals surface area contributed by atoms with E-state index >= 15 is 0 Å². The van der Waals surface area contributed by atoms with E-state index in [0.717, 1.165) is 58.9 Å². The van der Waals surface area contributed by atoms with Crippen LogP contribution in [0.5, 0.6) is 0 Å². The third-order valence-electron chi connectivity index (χ3n) is 2.97. The number of carbonyl (C=O) groups is 2. The molecule has 170 valence electrons. The van der Waals surface area contributed by atoms with Crippen LogP contribution >= 0.6 is 0 Å². The molecule has 1 heterocycles. The summed E-state index contributed by atoms with van der Waals surface area (Å²) >= 11 is 0. The smallest absolute Gasteiger partial charge is 0.475 e. The van der Waals surface area contributed by atoms with E-state index in [1.165, 1.54) is 0 Å². The second-order valence-electron chi connectivity index (χ2n) is 5.34. The van der Waals surface area contributed by atoms with Gasteiger partial charge in [-0.1, -0.05) is 5.92 Å². The van der Waals surface area contributed by atoms with Crippen molar-refractivity contribution in [2.45, 2.75) is 12.4 Å². The fraction of sp³-hybridized carbons (Fsp3) is 0.733. The van der Waals surface area contributed by atoms with E-state index in [0.29, 0.717) is 0 Å². The van der Waals surface area contributed by atoms with Gasteiger partial charge < -0.3 is 26.2 Å². The van der Waals surface area contributed by atoms with Crippen molar-refractivity contribution in [1.82, 2.24) is 20.9 Å². The van der Waals surface area contributed by atoms with Crippen LogP contribution in [0, 0.1) is 12.3 Å². The molecule has 0 saturated carbocycles. The molecule has 0 aromatic heterocycles. The zero-order valence-electron chi connectivity index (χ0n) is 15.4. The topological polar surface area (TPSA) is 114 Å². The molecule has 0 radical (unpaired) electrons. The number of halogens is 6. The van der Waals surface area contributed by atoms with Gasteiger partial charge in [-0.2, -0.15) is 26.3 Å². The quantitative estimate of drug-likeness (QED) is 0.287. The Bertz CT molecular complexity index is 473. The van der Waals surface area contributed by atoms with Crippen molar-refractivity contribution < 1.29 is 46.1 Å². The molecule has 0 aromatic rings. The van der Waals surface area contributed by atoms with Crippen LogP contribution in [0.15, 0.2) is 0 Å². The highest BCUT2D eigenvalue weighted by atomic mass is 19.4. The lowest BCUT2D eigenvalue weighted by Crippen LogP contribution is -2.41. The van der Waals surface area contributed by atoms with Crippen LogP contribution in [0.4, 0.5) is 26.3 Å². The van der Waals surface area contributed by atoms with Crippen molar-refractivity contribution in [1.29, 1.82) is 0 Å². The van der Waals surface area contributed by atoms with Crippen LogP contribution in [0.1, 0.15) is 0 Å². The average Bonchev–Trinajstić information content (AvgIpc) is 2.57. The number of terminal acetylenes is 1. The summed E-state index contributed by atoms with van der Waals surface area (Å²) in [5, 5.41) is 24.4. The number of carboxylic acids is 2. The third-order valence-corrected chi connectivity index (χ3v) is 2.97. The molecule has 0 unspecified atom stereocenters. The summed E-state index contributed by atoms with van der Waals surface area (Å²) < 4.78 is 63.5. The highest BCUT2D eigenvalue weighted by Crippen LogP contribution is 2.13. The predicted octanol–water partition coefficient (Wildman–Crippen LogP) is -0.0294.